The van der Waals surface area contributed by atoms with Crippen LogP contribution in [-0.4, -0.2) is 169 Å². The molecule has 7 amide bonds. The van der Waals surface area contributed by atoms with Crippen molar-refractivity contribution in [3.63, 3.8) is 0 Å². The van der Waals surface area contributed by atoms with E-state index in [-0.39, 0.29) is 151 Å². The number of amides is 7. The van der Waals surface area contributed by atoms with Crippen molar-refractivity contribution in [2.45, 2.75) is 232 Å². The lowest BCUT2D eigenvalue weighted by Gasteiger charge is -2.26. The highest BCUT2D eigenvalue weighted by Crippen LogP contribution is 2.43. The first-order valence-electron chi connectivity index (χ1n) is 47.0. The summed E-state index contributed by atoms with van der Waals surface area (Å²) < 4.78 is 21.0. The Morgan fingerprint density at radius 3 is 1.18 bits per heavy atom. The third-order valence-electron chi connectivity index (χ3n) is 25.2. The Hall–Kier alpha value is -14.1. The fourth-order valence-corrected chi connectivity index (χ4v) is 17.1. The first-order chi connectivity index (χ1) is 66.0. The molecule has 15 N–H and O–H groups in total. The Balaban J connectivity index is 0.000000239. The summed E-state index contributed by atoms with van der Waals surface area (Å²) in [7, 11) is 5.65. The number of phenols is 4. The van der Waals surface area contributed by atoms with Crippen LogP contribution < -0.4 is 58.2 Å². The van der Waals surface area contributed by atoms with Crippen LogP contribution in [0, 0.1) is 42.9 Å². The van der Waals surface area contributed by atoms with Crippen LogP contribution in [0.25, 0.3) is 33.4 Å². The second-order valence-electron chi connectivity index (χ2n) is 35.7. The van der Waals surface area contributed by atoms with Gasteiger partial charge in [0.15, 0.2) is 17.3 Å². The number of methoxy groups -OCH3 is 4. The number of aromatic hydroxyl groups is 4. The number of Topliss-reactive ketones (excluding diaryl/α,β-unsaturated/α-hetero) is 4. The minimum absolute atomic E-state index is 0.0163. The lowest BCUT2D eigenvalue weighted by atomic mass is 9.87. The lowest BCUT2D eigenvalue weighted by molar-refractivity contribution is -0.146. The van der Waals surface area contributed by atoms with Gasteiger partial charge in [-0.05, 0) is 212 Å². The van der Waals surface area contributed by atoms with Gasteiger partial charge in [0, 0.05) is 113 Å². The summed E-state index contributed by atoms with van der Waals surface area (Å²) in [6.45, 7) is 14.7. The van der Waals surface area contributed by atoms with Crippen LogP contribution in [0.4, 0.5) is 0 Å². The molecule has 0 spiro atoms. The first kappa shape index (κ1) is 108. The van der Waals surface area contributed by atoms with Crippen LogP contribution in [0.5, 0.6) is 34.5 Å². The number of benzene rings is 8. The molecule has 0 saturated carbocycles. The van der Waals surface area contributed by atoms with Crippen molar-refractivity contribution in [3.8, 4) is 73.9 Å². The van der Waals surface area contributed by atoms with E-state index in [1.54, 1.807) is 57.5 Å². The number of rotatable bonds is 29. The Bertz CT molecular complexity index is 5810. The van der Waals surface area contributed by atoms with Crippen molar-refractivity contribution >= 4 is 76.4 Å². The summed E-state index contributed by atoms with van der Waals surface area (Å²) in [4.78, 5) is 173. The number of nitrogens with two attached hydrogens (primary N) is 2. The largest absolute Gasteiger partial charge is 0.507 e. The van der Waals surface area contributed by atoms with E-state index in [1.165, 1.54) is 89.4 Å². The van der Waals surface area contributed by atoms with Gasteiger partial charge in [-0.25, -0.2) is 9.59 Å². The zero-order valence-corrected chi connectivity index (χ0v) is 80.6. The summed E-state index contributed by atoms with van der Waals surface area (Å²) in [5, 5.41) is 71.8. The van der Waals surface area contributed by atoms with E-state index >= 15 is 0 Å². The molecule has 0 unspecified atom stereocenters. The van der Waals surface area contributed by atoms with Crippen LogP contribution >= 0.6 is 0 Å². The van der Waals surface area contributed by atoms with Gasteiger partial charge in [-0.2, -0.15) is 5.26 Å². The Kier molecular flexibility index (Phi) is 40.3. The summed E-state index contributed by atoms with van der Waals surface area (Å²) in [6, 6.07) is 34.2. The summed E-state index contributed by atoms with van der Waals surface area (Å²) in [6.07, 6.45) is 10.5. The fraction of sp³-hybridized carbons (Fsp3) is 0.421. The molecule has 31 nitrogen and oxygen atoms in total. The second kappa shape index (κ2) is 51.7. The van der Waals surface area contributed by atoms with Gasteiger partial charge in [-0.15, -0.1) is 0 Å². The monoisotopic (exact) mass is 1890 g/mol. The molecule has 0 aliphatic carbocycles. The minimum atomic E-state index is -1.33. The number of unbranched alkanes of at least 4 members (excludes halogenated alkanes) is 6. The smallest absolute Gasteiger partial charge is 0.328 e. The van der Waals surface area contributed by atoms with Gasteiger partial charge in [0.25, 0.3) is 11.8 Å². The molecule has 3 aliphatic heterocycles. The molecule has 3 aliphatic rings. The van der Waals surface area contributed by atoms with Crippen molar-refractivity contribution in [2.75, 3.05) is 41.5 Å². The molecule has 11 atom stereocenters. The normalized spacial score (nSPS) is 18.7. The van der Waals surface area contributed by atoms with Gasteiger partial charge in [-0.1, -0.05) is 141 Å². The molecule has 11 rings (SSSR count). The molecule has 0 radical (unpaired) electrons. The fourth-order valence-electron chi connectivity index (χ4n) is 17.1. The van der Waals surface area contributed by atoms with Gasteiger partial charge >= 0.3 is 11.9 Å². The van der Waals surface area contributed by atoms with E-state index in [0.29, 0.717) is 33.8 Å². The van der Waals surface area contributed by atoms with Crippen molar-refractivity contribution in [1.82, 2.24) is 37.2 Å². The minimum Gasteiger partial charge on any atom is -0.507 e. The standard InChI is InChI=1S/C42H51N5O7.C40H50N4O8.C25H29NO6/c1-4-5-6-7-9-27-11-14-30(25(2)20-27)41(53)45-33(17-19-44)42(54)47-39-29-13-16-36(49)32(24-29)31-22-28(12-15-35(31)48)23-34(37(50)10-8-18-43)46-40(52)26(3)21-38(39)51;1-5-6-7-8-9-25-10-13-28(23(2)18-25)38(49)42-31(16-17-41)39(50)44-36-27-12-15-34(46)30(22-27)29-20-26(11-14-33(29)45)21-32(40(51)52-4)43-37(48)24(3)19-35(36)47;1-14-10-21(27)15(2)17-7-9-23(31-4)19(13-17)18-11-16(6-8-22(18)30-3)12-20(25(29)32-5)26-24(14)28/h11-16,20,22,24,26,33-34,39,48-49H,4-10,17,19,21,23,44H2,1-3H3,(H,45,53)(H,46,52)(H,47,54);10-15,18,20,22,24,31-32,36,45-46H,5-9,16-17,19,21,41H2,1-4H3,(H,42,49)(H,43,48)(H,44,50);6-9,11,13-15,20H,10,12H2,1-5H3,(H,26,28)/t26-,33+,34+,39+;24-,31+,32+,36+;14-,15+,20+/m111/s1. The molecule has 12 bridgehead atoms. The quantitative estimate of drug-likeness (QED) is 0.0153. The summed E-state index contributed by atoms with van der Waals surface area (Å²) >= 11 is 0. The van der Waals surface area contributed by atoms with Crippen LogP contribution in [-0.2, 0) is 94.3 Å². The van der Waals surface area contributed by atoms with E-state index < -0.39 is 125 Å². The van der Waals surface area contributed by atoms with Crippen LogP contribution in [0.3, 0.4) is 0 Å². The van der Waals surface area contributed by atoms with Gasteiger partial charge in [0.05, 0.1) is 40.6 Å². The van der Waals surface area contributed by atoms with Crippen molar-refractivity contribution in [1.29, 1.82) is 5.26 Å². The molecule has 0 fully saturated rings. The summed E-state index contributed by atoms with van der Waals surface area (Å²) in [5.74, 6) is -8.92. The van der Waals surface area contributed by atoms with E-state index in [4.69, 9.17) is 35.7 Å². The maximum atomic E-state index is 14.1. The van der Waals surface area contributed by atoms with E-state index in [0.717, 1.165) is 95.9 Å². The SMILES string of the molecule is CCCCCCc1ccc(C(=O)N[C@@H](CCN)C(=O)N[C@@H]2C(=O)C[C@@H](C)C(=O)N[C@H](C(=O)CCC#N)Cc3ccc(O)c(c3)-c3cc2ccc3O)c(C)c1.CCCCCCc1ccc(C(=O)N[C@@H](CCN)C(=O)N[C@@H]2C(=O)C[C@@H](C)C(=O)N[C@H](C(=O)OC)Cc3ccc(O)c(c3)-c3cc2ccc3O)c(C)c1.COC(=O)[C@@H]1Cc2ccc(OC)c(c2)-c2cc(ccc2OC)[C@H](C)C(=O)C[C@@H](C)C(=O)N1. The number of carbonyl (C=O) groups excluding carboxylic acids is 13. The number of carbonyl (C=O) groups is 13. The molecular formula is C107H130N10O21. The first-order valence-corrected chi connectivity index (χ1v) is 47.0. The van der Waals surface area contributed by atoms with Crippen LogP contribution in [0.1, 0.15) is 232 Å². The number of nitriles is 1. The highest BCUT2D eigenvalue weighted by atomic mass is 16.5. The molecule has 8 aromatic rings. The number of nitrogens with zero attached hydrogens (tertiary/aromatic N) is 1. The number of hydrogen-bond donors (Lipinski definition) is 13. The summed E-state index contributed by atoms with van der Waals surface area (Å²) in [5.41, 5.74) is 21.9. The van der Waals surface area contributed by atoms with E-state index in [2.05, 4.69) is 51.1 Å². The number of fused-ring (bicyclic) bond motifs is 15. The van der Waals surface area contributed by atoms with Crippen molar-refractivity contribution in [3.05, 3.63) is 212 Å². The maximum Gasteiger partial charge on any atom is 0.328 e. The van der Waals surface area contributed by atoms with Crippen LogP contribution in [0.15, 0.2) is 146 Å². The molecule has 734 valence electrons. The Morgan fingerprint density at radius 2 is 0.790 bits per heavy atom. The molecular weight excluding hydrogens is 1760 g/mol. The molecule has 8 aromatic carbocycles. The number of nitrogens with one attached hydrogen (secondary N) is 7. The van der Waals surface area contributed by atoms with Gasteiger partial charge in [0.1, 0.15) is 76.5 Å². The number of hydrogen-bond acceptors (Lipinski definition) is 24. The molecule has 138 heavy (non-hydrogen) atoms. The van der Waals surface area contributed by atoms with Crippen LogP contribution in [0.2, 0.25) is 0 Å². The van der Waals surface area contributed by atoms with Gasteiger partial charge < -0.3 is 88.1 Å². The Labute approximate surface area is 805 Å². The zero-order valence-electron chi connectivity index (χ0n) is 80.6. The third-order valence-corrected chi connectivity index (χ3v) is 25.2. The topological polar surface area (TPSA) is 500 Å². The predicted molar refractivity (Wildman–Crippen MR) is 521 cm³/mol. The van der Waals surface area contributed by atoms with E-state index in [1.807, 2.05) is 87.5 Å². The Morgan fingerprint density at radius 1 is 0.435 bits per heavy atom. The highest BCUT2D eigenvalue weighted by molar-refractivity contribution is 6.03. The second-order valence-corrected chi connectivity index (χ2v) is 35.7. The molecule has 31 heteroatoms. The average molecular weight is 1890 g/mol. The molecule has 3 heterocycles. The maximum absolute atomic E-state index is 14.1. The van der Waals surface area contributed by atoms with Gasteiger partial charge in [0.2, 0.25) is 29.5 Å². The number of aryl methyl sites for hydroxylation is 4. The molecule has 0 aromatic heterocycles. The van der Waals surface area contributed by atoms with Crippen molar-refractivity contribution < 1.29 is 102 Å². The number of ketones is 4. The highest BCUT2D eigenvalue weighted by Gasteiger charge is 2.38. The number of phenolic OH excluding ortho intramolecular Hbond substituents is 4. The van der Waals surface area contributed by atoms with Gasteiger partial charge in [-0.3, -0.25) is 52.7 Å². The number of esters is 2. The number of ether oxygens (including phenoxy) is 4. The molecule has 0 saturated heterocycles. The average Bonchev–Trinajstić information content (AvgIpc) is 0.793. The lowest BCUT2D eigenvalue weighted by Crippen LogP contribution is -2.50. The van der Waals surface area contributed by atoms with Crippen molar-refractivity contribution in [2.24, 2.45) is 29.2 Å². The third kappa shape index (κ3) is 29.0. The van der Waals surface area contributed by atoms with E-state index in [9.17, 15) is 82.8 Å². The zero-order chi connectivity index (χ0) is 101. The predicted octanol–water partition coefficient (Wildman–Crippen LogP) is 12.6.